The normalized spacial score (nSPS) is 11.1. The van der Waals surface area contributed by atoms with Gasteiger partial charge in [0.15, 0.2) is 0 Å². The maximum absolute atomic E-state index is 12.3. The molecule has 0 saturated heterocycles. The largest absolute Gasteiger partial charge is 0.478 e. The lowest BCUT2D eigenvalue weighted by Crippen LogP contribution is -2.27. The van der Waals surface area contributed by atoms with E-state index < -0.39 is 5.97 Å². The fourth-order valence-electron chi connectivity index (χ4n) is 3.45. The number of aromatic nitrogens is 2. The van der Waals surface area contributed by atoms with Crippen molar-refractivity contribution in [3.8, 4) is 6.01 Å². The molecule has 3 aromatic rings. The molecular formula is C24H29N3O5. The summed E-state index contributed by atoms with van der Waals surface area (Å²) in [6, 6.07) is 12.4. The van der Waals surface area contributed by atoms with Crippen molar-refractivity contribution in [1.29, 1.82) is 0 Å². The molecule has 1 aromatic heterocycles. The Bertz CT molecular complexity index is 1070. The smallest absolute Gasteiger partial charge is 0.338 e. The molecule has 0 saturated carbocycles. The number of carboxylic acids is 1. The van der Waals surface area contributed by atoms with Gasteiger partial charge in [0.2, 0.25) is 0 Å². The minimum absolute atomic E-state index is 0.185. The first kappa shape index (κ1) is 23.3. The van der Waals surface area contributed by atoms with Crippen LogP contribution in [0.1, 0.15) is 47.1 Å². The quantitative estimate of drug-likeness (QED) is 0.456. The van der Waals surface area contributed by atoms with Crippen LogP contribution in [0.15, 0.2) is 42.5 Å². The number of benzene rings is 2. The molecule has 8 heteroatoms. The SMILES string of the molecule is CCOc1nc2ccc(C(=O)O)cc2n1Cc1ccc(C(=O)OCCN(CC)CC)cc1. The molecule has 0 bridgehead atoms. The van der Waals surface area contributed by atoms with Gasteiger partial charge < -0.3 is 19.5 Å². The molecule has 0 aliphatic carbocycles. The zero-order valence-electron chi connectivity index (χ0n) is 18.7. The number of rotatable bonds is 11. The Kier molecular flexibility index (Phi) is 7.83. The van der Waals surface area contributed by atoms with Crippen molar-refractivity contribution in [3.05, 3.63) is 59.2 Å². The summed E-state index contributed by atoms with van der Waals surface area (Å²) in [5, 5.41) is 9.33. The Morgan fingerprint density at radius 2 is 1.72 bits per heavy atom. The minimum Gasteiger partial charge on any atom is -0.478 e. The van der Waals surface area contributed by atoms with Gasteiger partial charge in [0.1, 0.15) is 6.61 Å². The molecule has 0 radical (unpaired) electrons. The Morgan fingerprint density at radius 3 is 2.34 bits per heavy atom. The molecule has 1 N–H and O–H groups in total. The van der Waals surface area contributed by atoms with Gasteiger partial charge in [0, 0.05) is 6.54 Å². The summed E-state index contributed by atoms with van der Waals surface area (Å²) < 4.78 is 12.9. The number of esters is 1. The second-order valence-corrected chi connectivity index (χ2v) is 7.28. The lowest BCUT2D eigenvalue weighted by molar-refractivity contribution is 0.0466. The summed E-state index contributed by atoms with van der Waals surface area (Å²) in [6.07, 6.45) is 0. The van der Waals surface area contributed by atoms with E-state index in [9.17, 15) is 14.7 Å². The average Bonchev–Trinajstić information content (AvgIpc) is 3.13. The summed E-state index contributed by atoms with van der Waals surface area (Å²) in [7, 11) is 0. The molecule has 8 nitrogen and oxygen atoms in total. The number of fused-ring (bicyclic) bond motifs is 1. The van der Waals surface area contributed by atoms with Crippen LogP contribution in [0, 0.1) is 0 Å². The first-order valence-electron chi connectivity index (χ1n) is 10.8. The van der Waals surface area contributed by atoms with Gasteiger partial charge in [0.25, 0.3) is 6.01 Å². The first-order valence-corrected chi connectivity index (χ1v) is 10.8. The van der Waals surface area contributed by atoms with Gasteiger partial charge in [-0.3, -0.25) is 4.57 Å². The Morgan fingerprint density at radius 1 is 1.03 bits per heavy atom. The number of nitrogens with zero attached hydrogens (tertiary/aromatic N) is 3. The van der Waals surface area contributed by atoms with E-state index in [1.807, 2.05) is 23.6 Å². The summed E-state index contributed by atoms with van der Waals surface area (Å²) in [6.45, 7) is 9.79. The number of carboxylic acid groups (broad SMARTS) is 1. The van der Waals surface area contributed by atoms with E-state index in [0.29, 0.717) is 48.9 Å². The van der Waals surface area contributed by atoms with Crippen LogP contribution in [0.3, 0.4) is 0 Å². The van der Waals surface area contributed by atoms with Gasteiger partial charge in [0.05, 0.1) is 35.3 Å². The molecule has 2 aromatic carbocycles. The number of imidazole rings is 1. The van der Waals surface area contributed by atoms with E-state index in [-0.39, 0.29) is 11.5 Å². The second-order valence-electron chi connectivity index (χ2n) is 7.28. The van der Waals surface area contributed by atoms with Gasteiger partial charge in [-0.05, 0) is 55.9 Å². The fourth-order valence-corrected chi connectivity index (χ4v) is 3.45. The maximum Gasteiger partial charge on any atom is 0.338 e. The van der Waals surface area contributed by atoms with Crippen molar-refractivity contribution in [2.24, 2.45) is 0 Å². The lowest BCUT2D eigenvalue weighted by atomic mass is 10.1. The molecule has 0 aliphatic heterocycles. The number of aromatic carboxylic acids is 1. The molecular weight excluding hydrogens is 410 g/mol. The number of carbonyl (C=O) groups excluding carboxylic acids is 1. The number of likely N-dealkylation sites (N-methyl/N-ethyl adjacent to an activating group) is 1. The van der Waals surface area contributed by atoms with Crippen molar-refractivity contribution in [1.82, 2.24) is 14.5 Å². The Balaban J connectivity index is 1.75. The van der Waals surface area contributed by atoms with Crippen LogP contribution in [0.25, 0.3) is 11.0 Å². The number of carbonyl (C=O) groups is 2. The summed E-state index contributed by atoms with van der Waals surface area (Å²) >= 11 is 0. The summed E-state index contributed by atoms with van der Waals surface area (Å²) in [5.74, 6) is -1.35. The maximum atomic E-state index is 12.3. The second kappa shape index (κ2) is 10.8. The average molecular weight is 440 g/mol. The number of hydrogen-bond acceptors (Lipinski definition) is 6. The van der Waals surface area contributed by atoms with Crippen molar-refractivity contribution >= 4 is 23.0 Å². The first-order chi connectivity index (χ1) is 15.5. The highest BCUT2D eigenvalue weighted by Gasteiger charge is 2.15. The zero-order chi connectivity index (χ0) is 23.1. The molecule has 170 valence electrons. The third kappa shape index (κ3) is 5.45. The predicted octanol–water partition coefficient (Wildman–Crippen LogP) is 3.68. The van der Waals surface area contributed by atoms with Crippen LogP contribution in [-0.2, 0) is 11.3 Å². The molecule has 0 amide bonds. The molecule has 0 spiro atoms. The van der Waals surface area contributed by atoms with Crippen LogP contribution in [0.4, 0.5) is 0 Å². The molecule has 0 fully saturated rings. The highest BCUT2D eigenvalue weighted by Crippen LogP contribution is 2.24. The van der Waals surface area contributed by atoms with Crippen LogP contribution in [-0.4, -0.2) is 64.3 Å². The zero-order valence-corrected chi connectivity index (χ0v) is 18.7. The van der Waals surface area contributed by atoms with Gasteiger partial charge in [-0.25, -0.2) is 9.59 Å². The van der Waals surface area contributed by atoms with Gasteiger partial charge in [-0.15, -0.1) is 0 Å². The van der Waals surface area contributed by atoms with Crippen LogP contribution in [0.5, 0.6) is 6.01 Å². The highest BCUT2D eigenvalue weighted by molar-refractivity contribution is 5.92. The molecule has 32 heavy (non-hydrogen) atoms. The van der Waals surface area contributed by atoms with Crippen molar-refractivity contribution < 1.29 is 24.2 Å². The minimum atomic E-state index is -0.999. The third-order valence-corrected chi connectivity index (χ3v) is 5.30. The van der Waals surface area contributed by atoms with Gasteiger partial charge in [-0.2, -0.15) is 4.98 Å². The standard InChI is InChI=1S/C24H29N3O5/c1-4-26(5-2)13-14-32-23(30)18-9-7-17(8-10-18)16-27-21-15-19(22(28)29)11-12-20(21)25-24(27)31-6-3/h7-12,15H,4-6,13-14,16H2,1-3H3,(H,28,29). The Hall–Kier alpha value is -3.39. The van der Waals surface area contributed by atoms with Crippen LogP contribution < -0.4 is 4.74 Å². The topological polar surface area (TPSA) is 93.9 Å². The molecule has 0 aliphatic rings. The molecule has 1 heterocycles. The summed E-state index contributed by atoms with van der Waals surface area (Å²) in [5.41, 5.74) is 2.93. The van der Waals surface area contributed by atoms with E-state index in [1.54, 1.807) is 24.3 Å². The third-order valence-electron chi connectivity index (χ3n) is 5.30. The van der Waals surface area contributed by atoms with E-state index in [4.69, 9.17) is 9.47 Å². The van der Waals surface area contributed by atoms with Crippen LogP contribution >= 0.6 is 0 Å². The predicted molar refractivity (Wildman–Crippen MR) is 121 cm³/mol. The van der Waals surface area contributed by atoms with Crippen molar-refractivity contribution in [3.63, 3.8) is 0 Å². The van der Waals surface area contributed by atoms with Crippen molar-refractivity contribution in [2.75, 3.05) is 32.8 Å². The summed E-state index contributed by atoms with van der Waals surface area (Å²) in [4.78, 5) is 30.4. The van der Waals surface area contributed by atoms with Crippen LogP contribution in [0.2, 0.25) is 0 Å². The number of ether oxygens (including phenoxy) is 2. The monoisotopic (exact) mass is 439 g/mol. The van der Waals surface area contributed by atoms with Crippen molar-refractivity contribution in [2.45, 2.75) is 27.3 Å². The van der Waals surface area contributed by atoms with E-state index in [1.165, 1.54) is 6.07 Å². The highest BCUT2D eigenvalue weighted by atomic mass is 16.5. The van der Waals surface area contributed by atoms with E-state index >= 15 is 0 Å². The van der Waals surface area contributed by atoms with E-state index in [2.05, 4.69) is 23.7 Å². The molecule has 0 unspecified atom stereocenters. The molecule has 3 rings (SSSR count). The fraction of sp³-hybridized carbons (Fsp3) is 0.375. The lowest BCUT2D eigenvalue weighted by Gasteiger charge is -2.17. The van der Waals surface area contributed by atoms with Gasteiger partial charge in [-0.1, -0.05) is 26.0 Å². The molecule has 0 atom stereocenters. The Labute approximate surface area is 187 Å². The van der Waals surface area contributed by atoms with Gasteiger partial charge >= 0.3 is 11.9 Å². The number of hydrogen-bond donors (Lipinski definition) is 1. The van der Waals surface area contributed by atoms with E-state index in [0.717, 1.165) is 18.7 Å².